The maximum atomic E-state index is 13.7. The third-order valence-corrected chi connectivity index (χ3v) is 4.36. The first-order valence-electron chi connectivity index (χ1n) is 8.75. The standard InChI is InChI=1S/C19H20F3N3O3/c1-12-9-24(10-13(2)28-12)17-6-5-15(8-16(17)19(20,21)22)23-18(26)14-4-3-7-25(27)11-14/h3-8,11-13H,9-10H2,1-2H3,(H,23,26). The number of halogens is 3. The predicted molar refractivity (Wildman–Crippen MR) is 97.0 cm³/mol. The number of ether oxygens (including phenoxy) is 1. The summed E-state index contributed by atoms with van der Waals surface area (Å²) in [4.78, 5) is 13.9. The molecule has 0 radical (unpaired) electrons. The number of carbonyl (C=O) groups is 1. The fraction of sp³-hybridized carbons (Fsp3) is 0.368. The van der Waals surface area contributed by atoms with Crippen molar-refractivity contribution in [2.75, 3.05) is 23.3 Å². The number of anilines is 2. The Labute approximate surface area is 160 Å². The van der Waals surface area contributed by atoms with Crippen LogP contribution in [0.1, 0.15) is 29.8 Å². The molecule has 2 heterocycles. The minimum atomic E-state index is -4.59. The van der Waals surface area contributed by atoms with Gasteiger partial charge in [-0.2, -0.15) is 17.9 Å². The summed E-state index contributed by atoms with van der Waals surface area (Å²) in [6, 6.07) is 6.46. The molecule has 1 saturated heterocycles. The van der Waals surface area contributed by atoms with Crippen molar-refractivity contribution < 1.29 is 27.4 Å². The molecule has 2 unspecified atom stereocenters. The summed E-state index contributed by atoms with van der Waals surface area (Å²) in [6.45, 7) is 4.30. The Morgan fingerprint density at radius 2 is 1.93 bits per heavy atom. The number of pyridine rings is 1. The van der Waals surface area contributed by atoms with Gasteiger partial charge in [-0.05, 0) is 38.1 Å². The molecule has 28 heavy (non-hydrogen) atoms. The highest BCUT2D eigenvalue weighted by Gasteiger charge is 2.36. The third kappa shape index (κ3) is 4.53. The first kappa shape index (κ1) is 19.9. The zero-order valence-corrected chi connectivity index (χ0v) is 15.4. The average Bonchev–Trinajstić information content (AvgIpc) is 2.60. The van der Waals surface area contributed by atoms with Crippen LogP contribution < -0.4 is 14.9 Å². The van der Waals surface area contributed by atoms with Crippen molar-refractivity contribution in [1.82, 2.24) is 0 Å². The van der Waals surface area contributed by atoms with E-state index in [2.05, 4.69) is 5.32 Å². The first-order valence-corrected chi connectivity index (χ1v) is 8.75. The molecule has 1 aliphatic heterocycles. The van der Waals surface area contributed by atoms with Crippen molar-refractivity contribution in [3.05, 3.63) is 59.1 Å². The number of nitrogens with one attached hydrogen (secondary N) is 1. The van der Waals surface area contributed by atoms with E-state index < -0.39 is 17.6 Å². The molecule has 1 N–H and O–H groups in total. The Balaban J connectivity index is 1.89. The van der Waals surface area contributed by atoms with Crippen molar-refractivity contribution in [2.24, 2.45) is 0 Å². The fourth-order valence-electron chi connectivity index (χ4n) is 3.28. The van der Waals surface area contributed by atoms with Crippen molar-refractivity contribution in [1.29, 1.82) is 0 Å². The molecule has 0 aliphatic carbocycles. The molecule has 0 saturated carbocycles. The lowest BCUT2D eigenvalue weighted by Gasteiger charge is -2.38. The van der Waals surface area contributed by atoms with E-state index in [4.69, 9.17) is 4.74 Å². The van der Waals surface area contributed by atoms with Crippen LogP contribution in [-0.2, 0) is 10.9 Å². The van der Waals surface area contributed by atoms with Gasteiger partial charge >= 0.3 is 6.18 Å². The summed E-state index contributed by atoms with van der Waals surface area (Å²) in [6.07, 6.45) is -2.73. The lowest BCUT2D eigenvalue weighted by molar-refractivity contribution is -0.605. The molecule has 1 aromatic carbocycles. The summed E-state index contributed by atoms with van der Waals surface area (Å²) >= 11 is 0. The van der Waals surface area contributed by atoms with E-state index in [0.717, 1.165) is 12.3 Å². The highest BCUT2D eigenvalue weighted by molar-refractivity contribution is 6.04. The van der Waals surface area contributed by atoms with Gasteiger partial charge in [-0.3, -0.25) is 4.79 Å². The summed E-state index contributed by atoms with van der Waals surface area (Å²) in [7, 11) is 0. The van der Waals surface area contributed by atoms with Gasteiger partial charge in [-0.15, -0.1) is 0 Å². The highest BCUT2D eigenvalue weighted by atomic mass is 19.4. The number of aromatic nitrogens is 1. The van der Waals surface area contributed by atoms with Gasteiger partial charge in [0.05, 0.1) is 17.8 Å². The number of carbonyl (C=O) groups excluding carboxylic acids is 1. The van der Waals surface area contributed by atoms with E-state index in [1.165, 1.54) is 30.5 Å². The minimum absolute atomic E-state index is 0.00302. The van der Waals surface area contributed by atoms with Crippen LogP contribution in [0, 0.1) is 5.21 Å². The largest absolute Gasteiger partial charge is 0.619 e. The minimum Gasteiger partial charge on any atom is -0.619 e. The summed E-state index contributed by atoms with van der Waals surface area (Å²) in [5.41, 5.74) is -0.745. The van der Waals surface area contributed by atoms with Crippen LogP contribution in [0.2, 0.25) is 0 Å². The number of nitrogens with zero attached hydrogens (tertiary/aromatic N) is 2. The highest BCUT2D eigenvalue weighted by Crippen LogP contribution is 2.39. The number of hydrogen-bond acceptors (Lipinski definition) is 4. The fourth-order valence-corrected chi connectivity index (χ4v) is 3.28. The van der Waals surface area contributed by atoms with Crippen LogP contribution in [0.15, 0.2) is 42.7 Å². The lowest BCUT2D eigenvalue weighted by Crippen LogP contribution is -2.46. The molecule has 1 fully saturated rings. The summed E-state index contributed by atoms with van der Waals surface area (Å²) in [5.74, 6) is -0.667. The van der Waals surface area contributed by atoms with Crippen LogP contribution in [-0.4, -0.2) is 31.2 Å². The Morgan fingerprint density at radius 1 is 1.25 bits per heavy atom. The molecular formula is C19H20F3N3O3. The van der Waals surface area contributed by atoms with Crippen molar-refractivity contribution in [2.45, 2.75) is 32.2 Å². The van der Waals surface area contributed by atoms with Crippen LogP contribution in [0.5, 0.6) is 0 Å². The molecular weight excluding hydrogens is 375 g/mol. The second-order valence-corrected chi connectivity index (χ2v) is 6.80. The second-order valence-electron chi connectivity index (χ2n) is 6.80. The molecule has 2 aromatic rings. The van der Waals surface area contributed by atoms with Gasteiger partial charge in [0, 0.05) is 30.5 Å². The monoisotopic (exact) mass is 395 g/mol. The van der Waals surface area contributed by atoms with E-state index in [-0.39, 0.29) is 29.1 Å². The Morgan fingerprint density at radius 3 is 2.54 bits per heavy atom. The second kappa shape index (κ2) is 7.67. The van der Waals surface area contributed by atoms with Gasteiger partial charge < -0.3 is 20.2 Å². The molecule has 1 amide bonds. The van der Waals surface area contributed by atoms with E-state index in [1.54, 1.807) is 4.90 Å². The molecule has 9 heteroatoms. The van der Waals surface area contributed by atoms with Crippen LogP contribution in [0.25, 0.3) is 0 Å². The topological polar surface area (TPSA) is 68.5 Å². The third-order valence-electron chi connectivity index (χ3n) is 4.36. The van der Waals surface area contributed by atoms with Crippen LogP contribution >= 0.6 is 0 Å². The van der Waals surface area contributed by atoms with E-state index in [1.807, 2.05) is 13.8 Å². The lowest BCUT2D eigenvalue weighted by atomic mass is 10.1. The van der Waals surface area contributed by atoms with Gasteiger partial charge in [-0.25, -0.2) is 0 Å². The first-order chi connectivity index (χ1) is 13.1. The SMILES string of the molecule is CC1CN(c2ccc(NC(=O)c3ccc[n+]([O-])c3)cc2C(F)(F)F)CC(C)O1. The molecule has 3 rings (SSSR count). The van der Waals surface area contributed by atoms with Crippen molar-refractivity contribution in [3.63, 3.8) is 0 Å². The quantitative estimate of drug-likeness (QED) is 0.640. The van der Waals surface area contributed by atoms with Gasteiger partial charge in [-0.1, -0.05) is 0 Å². The molecule has 2 atom stereocenters. The van der Waals surface area contributed by atoms with Gasteiger partial charge in [0.1, 0.15) is 5.56 Å². The summed E-state index contributed by atoms with van der Waals surface area (Å²) < 4.78 is 47.1. The Bertz CT molecular complexity index is 863. The maximum absolute atomic E-state index is 13.7. The molecule has 1 aromatic heterocycles. The number of benzene rings is 1. The Kier molecular flexibility index (Phi) is 5.46. The maximum Gasteiger partial charge on any atom is 0.418 e. The Hall–Kier alpha value is -2.81. The van der Waals surface area contributed by atoms with Crippen LogP contribution in [0.3, 0.4) is 0 Å². The van der Waals surface area contributed by atoms with Crippen molar-refractivity contribution >= 4 is 17.3 Å². The number of hydrogen-bond donors (Lipinski definition) is 1. The predicted octanol–water partition coefficient (Wildman–Crippen LogP) is 3.20. The van der Waals surface area contributed by atoms with Gasteiger partial charge in [0.15, 0.2) is 12.4 Å². The van der Waals surface area contributed by atoms with E-state index in [9.17, 15) is 23.2 Å². The number of morpholine rings is 1. The van der Waals surface area contributed by atoms with E-state index >= 15 is 0 Å². The molecule has 6 nitrogen and oxygen atoms in total. The smallest absolute Gasteiger partial charge is 0.418 e. The number of alkyl halides is 3. The normalized spacial score (nSPS) is 20.1. The van der Waals surface area contributed by atoms with Crippen LogP contribution in [0.4, 0.5) is 24.5 Å². The molecule has 0 bridgehead atoms. The number of amides is 1. The van der Waals surface area contributed by atoms with Crippen molar-refractivity contribution in [3.8, 4) is 0 Å². The zero-order chi connectivity index (χ0) is 20.5. The zero-order valence-electron chi connectivity index (χ0n) is 15.4. The van der Waals surface area contributed by atoms with E-state index in [0.29, 0.717) is 17.8 Å². The average molecular weight is 395 g/mol. The molecule has 150 valence electrons. The number of rotatable bonds is 3. The molecule has 1 aliphatic rings. The van der Waals surface area contributed by atoms with Gasteiger partial charge in [0.2, 0.25) is 0 Å². The summed E-state index contributed by atoms with van der Waals surface area (Å²) in [5, 5.41) is 13.7. The molecule has 0 spiro atoms. The van der Waals surface area contributed by atoms with Gasteiger partial charge in [0.25, 0.3) is 5.91 Å².